The van der Waals surface area contributed by atoms with E-state index in [-0.39, 0.29) is 5.91 Å². The molecule has 8 nitrogen and oxygen atoms in total. The van der Waals surface area contributed by atoms with Crippen LogP contribution < -0.4 is 11.1 Å². The molecule has 0 unspecified atom stereocenters. The first-order valence-corrected chi connectivity index (χ1v) is 9.24. The van der Waals surface area contributed by atoms with Crippen LogP contribution in [0.4, 0.5) is 17.4 Å². The van der Waals surface area contributed by atoms with E-state index in [1.54, 1.807) is 41.4 Å². The second-order valence-corrected chi connectivity index (χ2v) is 6.62. The molecule has 1 fully saturated rings. The molecule has 2 heterocycles. The molecule has 0 aliphatic carbocycles. The number of nitrogens with zero attached hydrogens (tertiary/aromatic N) is 2. The molecule has 0 spiro atoms. The summed E-state index contributed by atoms with van der Waals surface area (Å²) in [7, 11) is 0. The van der Waals surface area contributed by atoms with Crippen molar-refractivity contribution in [3.05, 3.63) is 59.8 Å². The van der Waals surface area contributed by atoms with Gasteiger partial charge in [-0.25, -0.2) is 4.98 Å². The van der Waals surface area contributed by atoms with Gasteiger partial charge in [-0.3, -0.25) is 4.79 Å². The molecule has 4 rings (SSSR count). The van der Waals surface area contributed by atoms with Crippen molar-refractivity contribution in [3.8, 4) is 11.3 Å². The van der Waals surface area contributed by atoms with Crippen LogP contribution in [-0.4, -0.2) is 48.3 Å². The molecule has 1 aliphatic rings. The van der Waals surface area contributed by atoms with Gasteiger partial charge in [0.2, 0.25) is 0 Å². The summed E-state index contributed by atoms with van der Waals surface area (Å²) in [6.07, 6.45) is 2.82. The van der Waals surface area contributed by atoms with Crippen molar-refractivity contribution in [1.29, 1.82) is 5.41 Å². The maximum absolute atomic E-state index is 12.5. The van der Waals surface area contributed by atoms with Gasteiger partial charge in [-0.1, -0.05) is 12.1 Å². The number of morpholine rings is 1. The first kappa shape index (κ1) is 18.7. The molecule has 1 saturated heterocycles. The molecule has 148 valence electrons. The average molecular weight is 391 g/mol. The third-order valence-electron chi connectivity index (χ3n) is 4.71. The Morgan fingerprint density at radius 1 is 1.17 bits per heavy atom. The molecule has 3 aromatic rings. The number of anilines is 3. The number of nitrogen functional groups attached to an aromatic ring is 1. The van der Waals surface area contributed by atoms with E-state index in [0.29, 0.717) is 54.9 Å². The van der Waals surface area contributed by atoms with Crippen LogP contribution in [0.1, 0.15) is 15.9 Å². The molecule has 2 aromatic carbocycles. The number of ether oxygens (including phenoxy) is 1. The minimum absolute atomic E-state index is 0.00475. The zero-order valence-electron chi connectivity index (χ0n) is 15.7. The number of carbonyl (C=O) groups excluding carboxylic acids is 1. The Morgan fingerprint density at radius 2 is 1.93 bits per heavy atom. The van der Waals surface area contributed by atoms with E-state index in [9.17, 15) is 4.79 Å². The largest absolute Gasteiger partial charge is 0.423 e. The average Bonchev–Trinajstić information content (AvgIpc) is 3.24. The Hall–Kier alpha value is -3.65. The summed E-state index contributed by atoms with van der Waals surface area (Å²) in [6.45, 7) is 2.38. The normalized spacial score (nSPS) is 13.9. The molecule has 0 radical (unpaired) electrons. The van der Waals surface area contributed by atoms with Crippen LogP contribution in [0.2, 0.25) is 0 Å². The summed E-state index contributed by atoms with van der Waals surface area (Å²) < 4.78 is 11.1. The molecule has 0 atom stereocenters. The number of nitrogens with two attached hydrogens (primary N) is 1. The summed E-state index contributed by atoms with van der Waals surface area (Å²) in [4.78, 5) is 18.6. The number of aromatic nitrogens is 1. The van der Waals surface area contributed by atoms with Gasteiger partial charge in [-0.2, -0.15) is 0 Å². The first-order chi connectivity index (χ1) is 14.1. The van der Waals surface area contributed by atoms with Gasteiger partial charge in [0.15, 0.2) is 5.76 Å². The highest BCUT2D eigenvalue weighted by Gasteiger charge is 2.18. The first-order valence-electron chi connectivity index (χ1n) is 9.24. The molecule has 0 bridgehead atoms. The summed E-state index contributed by atoms with van der Waals surface area (Å²) in [6, 6.07) is 12.8. The lowest BCUT2D eigenvalue weighted by atomic mass is 10.1. The van der Waals surface area contributed by atoms with Crippen molar-refractivity contribution in [2.75, 3.05) is 37.4 Å². The number of oxazole rings is 1. The number of hydrogen-bond acceptors (Lipinski definition) is 7. The number of hydrogen-bond donors (Lipinski definition) is 3. The standard InChI is InChI=1S/C21H21N5O3/c22-12-16-11-17(5-6-18(16)23)25-21-24-13-19(29-21)14-1-3-15(4-2-14)20(27)26-7-9-28-10-8-26/h1-6,11-13,22H,7-10,23H2,(H,24,25). The van der Waals surface area contributed by atoms with E-state index in [1.165, 1.54) is 6.21 Å². The fraction of sp³-hybridized carbons (Fsp3) is 0.190. The Labute approximate surface area is 167 Å². The second-order valence-electron chi connectivity index (χ2n) is 6.62. The summed E-state index contributed by atoms with van der Waals surface area (Å²) in [5.41, 5.74) is 9.12. The Kier molecular flexibility index (Phi) is 5.26. The van der Waals surface area contributed by atoms with Crippen molar-refractivity contribution < 1.29 is 13.9 Å². The highest BCUT2D eigenvalue weighted by molar-refractivity contribution is 5.94. The molecule has 0 saturated carbocycles. The molecule has 1 amide bonds. The van der Waals surface area contributed by atoms with Crippen molar-refractivity contribution in [1.82, 2.24) is 9.88 Å². The van der Waals surface area contributed by atoms with E-state index in [0.717, 1.165) is 11.3 Å². The highest BCUT2D eigenvalue weighted by Crippen LogP contribution is 2.26. The van der Waals surface area contributed by atoms with E-state index in [4.69, 9.17) is 20.3 Å². The Bertz CT molecular complexity index is 1020. The maximum Gasteiger partial charge on any atom is 0.299 e. The van der Waals surface area contributed by atoms with Gasteiger partial charge in [0.05, 0.1) is 19.4 Å². The molecular formula is C21H21N5O3. The van der Waals surface area contributed by atoms with Gasteiger partial charge < -0.3 is 30.5 Å². The summed E-state index contributed by atoms with van der Waals surface area (Å²) >= 11 is 0. The van der Waals surface area contributed by atoms with Gasteiger partial charge in [-0.05, 0) is 30.3 Å². The highest BCUT2D eigenvalue weighted by atomic mass is 16.5. The summed E-state index contributed by atoms with van der Waals surface area (Å²) in [5, 5.41) is 10.4. The van der Waals surface area contributed by atoms with Crippen molar-refractivity contribution in [2.24, 2.45) is 0 Å². The molecule has 4 N–H and O–H groups in total. The van der Waals surface area contributed by atoms with Crippen LogP contribution in [0.15, 0.2) is 53.1 Å². The lowest BCUT2D eigenvalue weighted by Crippen LogP contribution is -2.40. The number of carbonyl (C=O) groups is 1. The van der Waals surface area contributed by atoms with Crippen LogP contribution in [0.25, 0.3) is 11.3 Å². The quantitative estimate of drug-likeness (QED) is 0.454. The molecule has 29 heavy (non-hydrogen) atoms. The van der Waals surface area contributed by atoms with Crippen LogP contribution in [0.5, 0.6) is 0 Å². The van der Waals surface area contributed by atoms with Gasteiger partial charge in [0.25, 0.3) is 11.9 Å². The lowest BCUT2D eigenvalue weighted by Gasteiger charge is -2.26. The van der Waals surface area contributed by atoms with Gasteiger partial charge in [0, 0.05) is 47.4 Å². The smallest absolute Gasteiger partial charge is 0.299 e. The molecule has 8 heteroatoms. The van der Waals surface area contributed by atoms with Crippen LogP contribution >= 0.6 is 0 Å². The lowest BCUT2D eigenvalue weighted by molar-refractivity contribution is 0.0303. The minimum Gasteiger partial charge on any atom is -0.423 e. The van der Waals surface area contributed by atoms with E-state index in [2.05, 4.69) is 10.3 Å². The monoisotopic (exact) mass is 391 g/mol. The molecule has 1 aliphatic heterocycles. The topological polar surface area (TPSA) is 117 Å². The fourth-order valence-corrected chi connectivity index (χ4v) is 3.09. The van der Waals surface area contributed by atoms with Crippen LogP contribution in [0.3, 0.4) is 0 Å². The number of nitrogens with one attached hydrogen (secondary N) is 2. The summed E-state index contributed by atoms with van der Waals surface area (Å²) in [5.74, 6) is 0.589. The van der Waals surface area contributed by atoms with Crippen molar-refractivity contribution in [2.45, 2.75) is 0 Å². The fourth-order valence-electron chi connectivity index (χ4n) is 3.09. The van der Waals surface area contributed by atoms with Gasteiger partial charge in [0.1, 0.15) is 0 Å². The predicted molar refractivity (Wildman–Crippen MR) is 111 cm³/mol. The Balaban J connectivity index is 1.46. The maximum atomic E-state index is 12.5. The van der Waals surface area contributed by atoms with Gasteiger partial charge in [-0.15, -0.1) is 0 Å². The molecule has 1 aromatic heterocycles. The SMILES string of the molecule is N=Cc1cc(Nc2ncc(-c3ccc(C(=O)N4CCOCC4)cc3)o2)ccc1N. The Morgan fingerprint density at radius 3 is 2.66 bits per heavy atom. The molecular weight excluding hydrogens is 370 g/mol. The van der Waals surface area contributed by atoms with E-state index in [1.807, 2.05) is 12.1 Å². The zero-order chi connectivity index (χ0) is 20.2. The second kappa shape index (κ2) is 8.15. The van der Waals surface area contributed by atoms with Crippen molar-refractivity contribution >= 4 is 29.5 Å². The van der Waals surface area contributed by atoms with Crippen LogP contribution in [-0.2, 0) is 4.74 Å². The van der Waals surface area contributed by atoms with E-state index < -0.39 is 0 Å². The zero-order valence-corrected chi connectivity index (χ0v) is 15.7. The predicted octanol–water partition coefficient (Wildman–Crippen LogP) is 3.14. The van der Waals surface area contributed by atoms with Crippen molar-refractivity contribution in [3.63, 3.8) is 0 Å². The minimum atomic E-state index is 0.00475. The number of benzene rings is 2. The number of rotatable bonds is 5. The number of amides is 1. The van der Waals surface area contributed by atoms with Crippen LogP contribution in [0, 0.1) is 5.41 Å². The third kappa shape index (κ3) is 4.12. The van der Waals surface area contributed by atoms with Gasteiger partial charge >= 0.3 is 0 Å². The van der Waals surface area contributed by atoms with E-state index >= 15 is 0 Å². The third-order valence-corrected chi connectivity index (χ3v) is 4.71.